The van der Waals surface area contributed by atoms with Crippen LogP contribution in [0.2, 0.25) is 5.02 Å². The lowest BCUT2D eigenvalue weighted by molar-refractivity contribution is -0.121. The molecule has 1 aliphatic rings. The molecule has 3 nitrogen and oxygen atoms in total. The largest absolute Gasteiger partial charge is 0.293 e. The van der Waals surface area contributed by atoms with Crippen molar-refractivity contribution < 1.29 is 9.59 Å². The Morgan fingerprint density at radius 2 is 1.86 bits per heavy atom. The third kappa shape index (κ3) is 3.41. The van der Waals surface area contributed by atoms with Crippen molar-refractivity contribution in [2.75, 3.05) is 7.05 Å². The van der Waals surface area contributed by atoms with Gasteiger partial charge in [-0.15, -0.1) is 11.3 Å². The Kier molecular flexibility index (Phi) is 4.63. The standard InChI is InChI=1S/C15H10ClNO2S3/c1-17-14(18)12(22-15(17)19)8-11-6-7-13(21-11)20-10-4-2-9(16)3-5-10/h2-8H,1H3/b12-8+. The molecule has 0 N–H and O–H groups in total. The number of thioether (sulfide) groups is 1. The number of likely N-dealkylation sites (N-methyl/N-ethyl adjacent to an activating group) is 1. The van der Waals surface area contributed by atoms with Gasteiger partial charge in [0, 0.05) is 21.8 Å². The van der Waals surface area contributed by atoms with E-state index in [-0.39, 0.29) is 11.1 Å². The lowest BCUT2D eigenvalue weighted by atomic mass is 10.4. The number of halogens is 1. The summed E-state index contributed by atoms with van der Waals surface area (Å²) in [5.74, 6) is -0.240. The summed E-state index contributed by atoms with van der Waals surface area (Å²) in [4.78, 5) is 27.0. The van der Waals surface area contributed by atoms with E-state index in [1.54, 1.807) is 29.2 Å². The molecule has 1 aromatic heterocycles. The number of imide groups is 1. The first-order valence-electron chi connectivity index (χ1n) is 6.28. The van der Waals surface area contributed by atoms with Crippen LogP contribution in [-0.2, 0) is 4.79 Å². The van der Waals surface area contributed by atoms with E-state index >= 15 is 0 Å². The van der Waals surface area contributed by atoms with Gasteiger partial charge in [-0.2, -0.15) is 0 Å². The summed E-state index contributed by atoms with van der Waals surface area (Å²) in [6, 6.07) is 11.6. The van der Waals surface area contributed by atoms with Crippen LogP contribution >= 0.6 is 46.5 Å². The van der Waals surface area contributed by atoms with Crippen molar-refractivity contribution in [2.24, 2.45) is 0 Å². The van der Waals surface area contributed by atoms with Crippen molar-refractivity contribution in [2.45, 2.75) is 9.10 Å². The van der Waals surface area contributed by atoms with Crippen LogP contribution in [-0.4, -0.2) is 23.1 Å². The molecule has 7 heteroatoms. The molecule has 0 unspecified atom stereocenters. The van der Waals surface area contributed by atoms with E-state index in [0.29, 0.717) is 9.93 Å². The minimum Gasteiger partial charge on any atom is -0.272 e. The van der Waals surface area contributed by atoms with Crippen molar-refractivity contribution >= 4 is 63.7 Å². The van der Waals surface area contributed by atoms with Crippen LogP contribution < -0.4 is 0 Å². The highest BCUT2D eigenvalue weighted by molar-refractivity contribution is 8.18. The van der Waals surface area contributed by atoms with Gasteiger partial charge in [0.2, 0.25) is 0 Å². The van der Waals surface area contributed by atoms with E-state index in [1.165, 1.54) is 7.05 Å². The van der Waals surface area contributed by atoms with Gasteiger partial charge in [0.1, 0.15) is 0 Å². The highest BCUT2D eigenvalue weighted by atomic mass is 35.5. The van der Waals surface area contributed by atoms with Crippen molar-refractivity contribution in [1.82, 2.24) is 4.90 Å². The van der Waals surface area contributed by atoms with E-state index < -0.39 is 0 Å². The van der Waals surface area contributed by atoms with Crippen LogP contribution in [0.5, 0.6) is 0 Å². The van der Waals surface area contributed by atoms with Crippen molar-refractivity contribution in [3.8, 4) is 0 Å². The number of hydrogen-bond donors (Lipinski definition) is 0. The van der Waals surface area contributed by atoms with E-state index in [1.807, 2.05) is 36.4 Å². The normalized spacial score (nSPS) is 16.8. The third-order valence-electron chi connectivity index (χ3n) is 2.89. The van der Waals surface area contributed by atoms with Crippen molar-refractivity contribution in [3.05, 3.63) is 51.2 Å². The highest BCUT2D eigenvalue weighted by Crippen LogP contribution is 2.37. The van der Waals surface area contributed by atoms with Gasteiger partial charge in [-0.1, -0.05) is 23.4 Å². The summed E-state index contributed by atoms with van der Waals surface area (Å²) in [6.07, 6.45) is 1.77. The summed E-state index contributed by atoms with van der Waals surface area (Å²) < 4.78 is 1.12. The third-order valence-corrected chi connectivity index (χ3v) is 6.28. The van der Waals surface area contributed by atoms with Gasteiger partial charge in [0.25, 0.3) is 11.1 Å². The molecule has 3 rings (SSSR count). The molecular formula is C15H10ClNO2S3. The number of thiophene rings is 1. The Hall–Kier alpha value is -1.21. The lowest BCUT2D eigenvalue weighted by Crippen LogP contribution is -2.22. The summed E-state index contributed by atoms with van der Waals surface area (Å²) in [5.41, 5.74) is 0. The minimum absolute atomic E-state index is 0.233. The molecule has 0 atom stereocenters. The second kappa shape index (κ2) is 6.50. The average molecular weight is 368 g/mol. The summed E-state index contributed by atoms with van der Waals surface area (Å²) in [6.45, 7) is 0. The molecule has 1 saturated heterocycles. The zero-order valence-electron chi connectivity index (χ0n) is 11.4. The number of nitrogens with zero attached hydrogens (tertiary/aromatic N) is 1. The number of benzene rings is 1. The van der Waals surface area contributed by atoms with E-state index in [0.717, 1.165) is 30.6 Å². The lowest BCUT2D eigenvalue weighted by Gasteiger charge is -2.00. The van der Waals surface area contributed by atoms with Crippen LogP contribution in [0, 0.1) is 0 Å². The quantitative estimate of drug-likeness (QED) is 0.697. The maximum absolute atomic E-state index is 11.9. The second-order valence-electron chi connectivity index (χ2n) is 4.45. The predicted octanol–water partition coefficient (Wildman–Crippen LogP) is 5.22. The van der Waals surface area contributed by atoms with Gasteiger partial charge in [0.05, 0.1) is 9.11 Å². The first-order chi connectivity index (χ1) is 10.5. The number of amides is 2. The van der Waals surface area contributed by atoms with Crippen LogP contribution in [0.4, 0.5) is 4.79 Å². The molecule has 0 aliphatic carbocycles. The van der Waals surface area contributed by atoms with Gasteiger partial charge in [-0.3, -0.25) is 14.5 Å². The molecule has 0 radical (unpaired) electrons. The van der Waals surface area contributed by atoms with Gasteiger partial charge >= 0.3 is 0 Å². The summed E-state index contributed by atoms with van der Waals surface area (Å²) in [5, 5.41) is 0.482. The maximum atomic E-state index is 11.9. The van der Waals surface area contributed by atoms with Crippen LogP contribution in [0.15, 0.2) is 50.4 Å². The number of rotatable bonds is 3. The number of carbonyl (C=O) groups is 2. The second-order valence-corrected chi connectivity index (χ2v) is 8.37. The van der Waals surface area contributed by atoms with E-state index in [9.17, 15) is 9.59 Å². The highest BCUT2D eigenvalue weighted by Gasteiger charge is 2.31. The summed E-state index contributed by atoms with van der Waals surface area (Å²) >= 11 is 10.1. The summed E-state index contributed by atoms with van der Waals surface area (Å²) in [7, 11) is 1.49. The smallest absolute Gasteiger partial charge is 0.272 e. The fraction of sp³-hybridized carbons (Fsp3) is 0.0667. The van der Waals surface area contributed by atoms with Crippen LogP contribution in [0.25, 0.3) is 6.08 Å². The molecule has 2 amide bonds. The minimum atomic E-state index is -0.240. The molecule has 0 bridgehead atoms. The zero-order valence-corrected chi connectivity index (χ0v) is 14.6. The maximum Gasteiger partial charge on any atom is 0.293 e. The molecule has 2 aromatic rings. The first-order valence-corrected chi connectivity index (χ1v) is 9.10. The molecule has 22 heavy (non-hydrogen) atoms. The fourth-order valence-electron chi connectivity index (χ4n) is 1.76. The molecule has 1 aromatic carbocycles. The average Bonchev–Trinajstić information content (AvgIpc) is 3.03. The van der Waals surface area contributed by atoms with E-state index in [2.05, 4.69) is 0 Å². The Morgan fingerprint density at radius 3 is 2.50 bits per heavy atom. The Labute approximate surface area is 145 Å². The molecule has 1 aliphatic heterocycles. The van der Waals surface area contributed by atoms with Gasteiger partial charge < -0.3 is 0 Å². The molecule has 1 fully saturated rings. The van der Waals surface area contributed by atoms with E-state index in [4.69, 9.17) is 11.6 Å². The Balaban J connectivity index is 1.75. The topological polar surface area (TPSA) is 37.4 Å². The fourth-order valence-corrected chi connectivity index (χ4v) is 4.84. The molecular weight excluding hydrogens is 358 g/mol. The predicted molar refractivity (Wildman–Crippen MR) is 93.6 cm³/mol. The molecule has 0 spiro atoms. The van der Waals surface area contributed by atoms with Crippen LogP contribution in [0.3, 0.4) is 0 Å². The monoisotopic (exact) mass is 367 g/mol. The zero-order chi connectivity index (χ0) is 15.7. The van der Waals surface area contributed by atoms with Crippen molar-refractivity contribution in [1.29, 1.82) is 0 Å². The molecule has 2 heterocycles. The molecule has 112 valence electrons. The van der Waals surface area contributed by atoms with Gasteiger partial charge in [-0.25, -0.2) is 0 Å². The van der Waals surface area contributed by atoms with Gasteiger partial charge in [0.15, 0.2) is 0 Å². The van der Waals surface area contributed by atoms with Crippen LogP contribution in [0.1, 0.15) is 4.88 Å². The van der Waals surface area contributed by atoms with Gasteiger partial charge in [-0.05, 0) is 54.2 Å². The van der Waals surface area contributed by atoms with Crippen molar-refractivity contribution in [3.63, 3.8) is 0 Å². The molecule has 0 saturated carbocycles. The number of carbonyl (C=O) groups excluding carboxylic acids is 2. The number of hydrogen-bond acceptors (Lipinski definition) is 5. The Bertz CT molecular complexity index is 767. The SMILES string of the molecule is CN1C(=O)S/C(=C/c2ccc(Sc3ccc(Cl)cc3)s2)C1=O. The first kappa shape index (κ1) is 15.7. The Morgan fingerprint density at radius 1 is 1.14 bits per heavy atom.